The minimum absolute atomic E-state index is 0.0127. The van der Waals surface area contributed by atoms with Crippen molar-refractivity contribution in [3.05, 3.63) is 65.7 Å². The molecule has 1 aliphatic rings. The fourth-order valence-corrected chi connectivity index (χ4v) is 3.69. The summed E-state index contributed by atoms with van der Waals surface area (Å²) in [7, 11) is 0. The van der Waals surface area contributed by atoms with Crippen LogP contribution in [-0.4, -0.2) is 42.3 Å². The third-order valence-corrected chi connectivity index (χ3v) is 5.71. The number of benzene rings is 2. The van der Waals surface area contributed by atoms with Crippen LogP contribution >= 0.6 is 0 Å². The molecule has 0 spiro atoms. The van der Waals surface area contributed by atoms with Gasteiger partial charge in [-0.3, -0.25) is 14.4 Å². The maximum Gasteiger partial charge on any atom is 0.253 e. The molecule has 2 N–H and O–H groups in total. The quantitative estimate of drug-likeness (QED) is 0.723. The molecule has 0 saturated carbocycles. The molecule has 1 heterocycles. The summed E-state index contributed by atoms with van der Waals surface area (Å²) < 4.78 is 0. The molecule has 2 aromatic rings. The van der Waals surface area contributed by atoms with Gasteiger partial charge in [-0.15, -0.1) is 0 Å². The molecule has 6 nitrogen and oxygen atoms in total. The maximum atomic E-state index is 13.0. The predicted molar refractivity (Wildman–Crippen MR) is 126 cm³/mol. The molecular formula is C26H33N3O3. The summed E-state index contributed by atoms with van der Waals surface area (Å²) in [6.07, 6.45) is 2.39. The van der Waals surface area contributed by atoms with Gasteiger partial charge in [-0.25, -0.2) is 0 Å². The van der Waals surface area contributed by atoms with Crippen LogP contribution < -0.4 is 10.6 Å². The summed E-state index contributed by atoms with van der Waals surface area (Å²) in [6, 6.07) is 17.0. The Morgan fingerprint density at radius 1 is 1.00 bits per heavy atom. The molecule has 1 saturated heterocycles. The van der Waals surface area contributed by atoms with Gasteiger partial charge in [0.15, 0.2) is 0 Å². The molecule has 1 fully saturated rings. The highest BCUT2D eigenvalue weighted by Crippen LogP contribution is 2.21. The van der Waals surface area contributed by atoms with Gasteiger partial charge in [-0.2, -0.15) is 0 Å². The lowest BCUT2D eigenvalue weighted by atomic mass is 9.95. The van der Waals surface area contributed by atoms with E-state index in [0.29, 0.717) is 30.9 Å². The van der Waals surface area contributed by atoms with E-state index in [2.05, 4.69) is 10.6 Å². The SMILES string of the molecule is CC(C)(C)C(=O)Nc1ccc(C(=O)N2CCCC(C(=O)NCCc3ccccc3)C2)cc1. The highest BCUT2D eigenvalue weighted by molar-refractivity contribution is 5.97. The standard InChI is InChI=1S/C26H33N3O3/c1-26(2,3)25(32)28-22-13-11-20(12-14-22)24(31)29-17-7-10-21(18-29)23(30)27-16-15-19-8-5-4-6-9-19/h4-6,8-9,11-14,21H,7,10,15-18H2,1-3H3,(H,27,30)(H,28,32). The largest absolute Gasteiger partial charge is 0.355 e. The number of anilines is 1. The average Bonchev–Trinajstić information content (AvgIpc) is 2.79. The number of carbonyl (C=O) groups is 3. The predicted octanol–water partition coefficient (Wildman–Crippen LogP) is 3.88. The fourth-order valence-electron chi connectivity index (χ4n) is 3.69. The molecule has 1 atom stereocenters. The van der Waals surface area contributed by atoms with E-state index in [-0.39, 0.29) is 23.6 Å². The summed E-state index contributed by atoms with van der Waals surface area (Å²) in [4.78, 5) is 39.5. The van der Waals surface area contributed by atoms with Gasteiger partial charge in [-0.05, 0) is 49.1 Å². The second kappa shape index (κ2) is 10.4. The molecule has 2 aromatic carbocycles. The maximum absolute atomic E-state index is 13.0. The summed E-state index contributed by atoms with van der Waals surface area (Å²) in [5.41, 5.74) is 1.92. The average molecular weight is 436 g/mol. The normalized spacial score (nSPS) is 16.3. The number of hydrogen-bond donors (Lipinski definition) is 2. The number of carbonyl (C=O) groups excluding carboxylic acids is 3. The zero-order valence-corrected chi connectivity index (χ0v) is 19.2. The second-order valence-electron chi connectivity index (χ2n) is 9.40. The molecule has 0 aliphatic carbocycles. The molecule has 0 bridgehead atoms. The third kappa shape index (κ3) is 6.42. The van der Waals surface area contributed by atoms with Crippen molar-refractivity contribution in [3.63, 3.8) is 0 Å². The van der Waals surface area contributed by atoms with Crippen LogP contribution in [0.2, 0.25) is 0 Å². The van der Waals surface area contributed by atoms with E-state index in [1.54, 1.807) is 29.2 Å². The van der Waals surface area contributed by atoms with Crippen LogP contribution in [0.1, 0.15) is 49.5 Å². The molecule has 6 heteroatoms. The lowest BCUT2D eigenvalue weighted by Gasteiger charge is -2.32. The number of nitrogens with one attached hydrogen (secondary N) is 2. The van der Waals surface area contributed by atoms with Crippen LogP contribution in [0, 0.1) is 11.3 Å². The zero-order chi connectivity index (χ0) is 23.1. The van der Waals surface area contributed by atoms with E-state index >= 15 is 0 Å². The lowest BCUT2D eigenvalue weighted by Crippen LogP contribution is -2.45. The Hall–Kier alpha value is -3.15. The molecule has 3 rings (SSSR count). The first-order valence-electron chi connectivity index (χ1n) is 11.3. The molecule has 170 valence electrons. The minimum Gasteiger partial charge on any atom is -0.355 e. The van der Waals surface area contributed by atoms with Crippen molar-refractivity contribution in [2.75, 3.05) is 25.0 Å². The van der Waals surface area contributed by atoms with Crippen molar-refractivity contribution in [1.29, 1.82) is 0 Å². The Labute approximate surface area is 190 Å². The van der Waals surface area contributed by atoms with Gasteiger partial charge in [0.2, 0.25) is 11.8 Å². The van der Waals surface area contributed by atoms with Crippen LogP contribution in [0.4, 0.5) is 5.69 Å². The van der Waals surface area contributed by atoms with E-state index in [4.69, 9.17) is 0 Å². The first kappa shape index (κ1) is 23.5. The monoisotopic (exact) mass is 435 g/mol. The zero-order valence-electron chi connectivity index (χ0n) is 19.2. The molecule has 1 aliphatic heterocycles. The number of nitrogens with zero attached hydrogens (tertiary/aromatic N) is 1. The molecule has 3 amide bonds. The van der Waals surface area contributed by atoms with Gasteiger partial charge >= 0.3 is 0 Å². The van der Waals surface area contributed by atoms with Crippen LogP contribution in [-0.2, 0) is 16.0 Å². The van der Waals surface area contributed by atoms with Gasteiger partial charge in [0, 0.05) is 36.3 Å². The summed E-state index contributed by atoms with van der Waals surface area (Å²) >= 11 is 0. The van der Waals surface area contributed by atoms with Crippen LogP contribution in [0.3, 0.4) is 0 Å². The number of rotatable bonds is 6. The second-order valence-corrected chi connectivity index (χ2v) is 9.40. The van der Waals surface area contributed by atoms with E-state index in [0.717, 1.165) is 19.3 Å². The summed E-state index contributed by atoms with van der Waals surface area (Å²) in [5, 5.41) is 5.88. The van der Waals surface area contributed by atoms with Gasteiger partial charge in [0.1, 0.15) is 0 Å². The smallest absolute Gasteiger partial charge is 0.253 e. The van der Waals surface area contributed by atoms with Crippen molar-refractivity contribution in [3.8, 4) is 0 Å². The van der Waals surface area contributed by atoms with Crippen molar-refractivity contribution in [2.24, 2.45) is 11.3 Å². The van der Waals surface area contributed by atoms with Gasteiger partial charge in [0.05, 0.1) is 5.92 Å². The van der Waals surface area contributed by atoms with Crippen LogP contribution in [0.5, 0.6) is 0 Å². The summed E-state index contributed by atoms with van der Waals surface area (Å²) in [6.45, 7) is 7.23. The minimum atomic E-state index is -0.487. The van der Waals surface area contributed by atoms with Crippen LogP contribution in [0.25, 0.3) is 0 Å². The number of hydrogen-bond acceptors (Lipinski definition) is 3. The Balaban J connectivity index is 1.52. The van der Waals surface area contributed by atoms with Crippen molar-refractivity contribution >= 4 is 23.4 Å². The van der Waals surface area contributed by atoms with Crippen molar-refractivity contribution < 1.29 is 14.4 Å². The van der Waals surface area contributed by atoms with E-state index in [9.17, 15) is 14.4 Å². The van der Waals surface area contributed by atoms with Gasteiger partial charge < -0.3 is 15.5 Å². The molecule has 0 aromatic heterocycles. The van der Waals surface area contributed by atoms with E-state index in [1.165, 1.54) is 5.56 Å². The van der Waals surface area contributed by atoms with E-state index < -0.39 is 5.41 Å². The first-order chi connectivity index (χ1) is 15.2. The number of amides is 3. The first-order valence-corrected chi connectivity index (χ1v) is 11.3. The van der Waals surface area contributed by atoms with Crippen molar-refractivity contribution in [2.45, 2.75) is 40.0 Å². The Bertz CT molecular complexity index is 933. The highest BCUT2D eigenvalue weighted by atomic mass is 16.2. The fraction of sp³-hybridized carbons (Fsp3) is 0.423. The summed E-state index contributed by atoms with van der Waals surface area (Å²) in [5.74, 6) is -0.332. The molecule has 1 unspecified atom stereocenters. The Morgan fingerprint density at radius 2 is 1.69 bits per heavy atom. The molecule has 32 heavy (non-hydrogen) atoms. The van der Waals surface area contributed by atoms with E-state index in [1.807, 2.05) is 51.1 Å². The molecule has 0 radical (unpaired) electrons. The lowest BCUT2D eigenvalue weighted by molar-refractivity contribution is -0.126. The Morgan fingerprint density at radius 3 is 2.34 bits per heavy atom. The topological polar surface area (TPSA) is 78.5 Å². The van der Waals surface area contributed by atoms with Crippen molar-refractivity contribution in [1.82, 2.24) is 10.2 Å². The van der Waals surface area contributed by atoms with Crippen LogP contribution in [0.15, 0.2) is 54.6 Å². The number of likely N-dealkylation sites (tertiary alicyclic amines) is 1. The highest BCUT2D eigenvalue weighted by Gasteiger charge is 2.29. The molecular weight excluding hydrogens is 402 g/mol. The number of piperidine rings is 1. The van der Waals surface area contributed by atoms with Gasteiger partial charge in [-0.1, -0.05) is 51.1 Å². The Kier molecular flexibility index (Phi) is 7.67. The third-order valence-electron chi connectivity index (χ3n) is 5.71. The van der Waals surface area contributed by atoms with Gasteiger partial charge in [0.25, 0.3) is 5.91 Å².